The molecule has 0 spiro atoms. The number of hydrogen-bond donors (Lipinski definition) is 0. The fraction of sp³-hybridized carbons (Fsp3) is 0.500. The first-order valence-electron chi connectivity index (χ1n) is 4.33. The van der Waals surface area contributed by atoms with Crippen molar-refractivity contribution in [1.82, 2.24) is 0 Å². The van der Waals surface area contributed by atoms with E-state index in [4.69, 9.17) is 0 Å². The van der Waals surface area contributed by atoms with Gasteiger partial charge < -0.3 is 0 Å². The highest BCUT2D eigenvalue weighted by atomic mass is 32.2. The molecular weight excluding hydrogens is 168 g/mol. The minimum Gasteiger partial charge on any atom is -0.294 e. The van der Waals surface area contributed by atoms with E-state index in [1.165, 1.54) is 5.57 Å². The van der Waals surface area contributed by atoms with Crippen molar-refractivity contribution in [1.29, 1.82) is 0 Å². The van der Waals surface area contributed by atoms with Gasteiger partial charge in [0.15, 0.2) is 5.78 Å². The van der Waals surface area contributed by atoms with Gasteiger partial charge >= 0.3 is 0 Å². The summed E-state index contributed by atoms with van der Waals surface area (Å²) in [4.78, 5) is 12.4. The summed E-state index contributed by atoms with van der Waals surface area (Å²) in [5, 5.41) is 0. The Morgan fingerprint density at radius 3 is 2.92 bits per heavy atom. The maximum Gasteiger partial charge on any atom is 0.169 e. The molecule has 2 heteroatoms. The molecule has 12 heavy (non-hydrogen) atoms. The van der Waals surface area contributed by atoms with Crippen molar-refractivity contribution >= 4 is 17.5 Å². The Kier molecular flexibility index (Phi) is 1.69. The largest absolute Gasteiger partial charge is 0.294 e. The topological polar surface area (TPSA) is 17.1 Å². The Morgan fingerprint density at radius 2 is 2.42 bits per heavy atom. The van der Waals surface area contributed by atoms with Gasteiger partial charge in [0.1, 0.15) is 0 Å². The van der Waals surface area contributed by atoms with E-state index in [0.717, 1.165) is 11.3 Å². The van der Waals surface area contributed by atoms with Crippen LogP contribution in [0, 0.1) is 0 Å². The van der Waals surface area contributed by atoms with Crippen LogP contribution in [0.3, 0.4) is 0 Å². The highest BCUT2D eigenvalue weighted by molar-refractivity contribution is 8.06. The van der Waals surface area contributed by atoms with Crippen molar-refractivity contribution in [3.05, 3.63) is 22.6 Å². The second-order valence-corrected chi connectivity index (χ2v) is 4.98. The van der Waals surface area contributed by atoms with Crippen molar-refractivity contribution in [3.8, 4) is 0 Å². The van der Waals surface area contributed by atoms with Crippen molar-refractivity contribution in [2.24, 2.45) is 0 Å². The summed E-state index contributed by atoms with van der Waals surface area (Å²) in [6.45, 7) is 4.20. The lowest BCUT2D eigenvalue weighted by molar-refractivity contribution is -0.114. The van der Waals surface area contributed by atoms with Crippen molar-refractivity contribution < 1.29 is 4.79 Å². The Bertz CT molecular complexity index is 301. The van der Waals surface area contributed by atoms with E-state index in [1.807, 2.05) is 13.0 Å². The molecule has 64 valence electrons. The smallest absolute Gasteiger partial charge is 0.169 e. The fourth-order valence-electron chi connectivity index (χ4n) is 1.42. The number of rotatable bonds is 3. The van der Waals surface area contributed by atoms with Crippen LogP contribution in [0.15, 0.2) is 22.6 Å². The molecule has 0 aromatic rings. The summed E-state index contributed by atoms with van der Waals surface area (Å²) in [6, 6.07) is 0. The zero-order valence-corrected chi connectivity index (χ0v) is 8.20. The first kappa shape index (κ1) is 8.11. The Hall–Kier alpha value is -0.500. The minimum absolute atomic E-state index is 0.207. The molecule has 0 fully saturated rings. The molecule has 0 saturated carbocycles. The van der Waals surface area contributed by atoms with Gasteiger partial charge in [-0.2, -0.15) is 0 Å². The Morgan fingerprint density at radius 1 is 1.67 bits per heavy atom. The molecule has 0 N–H and O–H groups in total. The fourth-order valence-corrected chi connectivity index (χ4v) is 2.64. The van der Waals surface area contributed by atoms with Crippen LogP contribution >= 0.6 is 11.8 Å². The van der Waals surface area contributed by atoms with Crippen LogP contribution in [0.1, 0.15) is 26.7 Å². The van der Waals surface area contributed by atoms with E-state index in [9.17, 15) is 4.79 Å². The van der Waals surface area contributed by atoms with E-state index in [0.29, 0.717) is 12.2 Å². The van der Waals surface area contributed by atoms with Crippen LogP contribution in [0.25, 0.3) is 0 Å². The summed E-state index contributed by atoms with van der Waals surface area (Å²) in [7, 11) is 0. The monoisotopic (exact) mass is 180 g/mol. The number of hydrogen-bond acceptors (Lipinski definition) is 2. The van der Waals surface area contributed by atoms with Gasteiger partial charge in [-0.25, -0.2) is 0 Å². The van der Waals surface area contributed by atoms with Gasteiger partial charge in [-0.15, -0.1) is 11.8 Å². The zero-order valence-electron chi connectivity index (χ0n) is 7.39. The van der Waals surface area contributed by atoms with Crippen LogP contribution in [-0.4, -0.2) is 10.5 Å². The van der Waals surface area contributed by atoms with Gasteiger partial charge in [0, 0.05) is 6.42 Å². The van der Waals surface area contributed by atoms with E-state index in [1.54, 1.807) is 11.8 Å². The lowest BCUT2D eigenvalue weighted by Crippen LogP contribution is -2.01. The Balaban J connectivity index is 2.04. The standard InChI is InChI=1S/C10H12OS/c1-3-4-8(11)9-5-7-6-10(7,2)12-9/h5-6H,3-4H2,1-2H3. The van der Waals surface area contributed by atoms with Gasteiger partial charge in [-0.3, -0.25) is 4.79 Å². The average molecular weight is 180 g/mol. The average Bonchev–Trinajstić information content (AvgIpc) is 2.51. The predicted molar refractivity (Wildman–Crippen MR) is 52.1 cm³/mol. The van der Waals surface area contributed by atoms with E-state index >= 15 is 0 Å². The third-order valence-corrected chi connectivity index (χ3v) is 3.62. The first-order valence-corrected chi connectivity index (χ1v) is 5.14. The Labute approximate surface area is 76.9 Å². The number of allylic oxidation sites excluding steroid dienone is 2. The molecule has 1 nitrogen and oxygen atoms in total. The molecule has 1 heterocycles. The molecular formula is C10H12OS. The highest BCUT2D eigenvalue weighted by Gasteiger charge is 2.45. The molecule has 1 aliphatic heterocycles. The van der Waals surface area contributed by atoms with Crippen LogP contribution in [0.5, 0.6) is 0 Å². The molecule has 1 aliphatic carbocycles. The molecule has 1 unspecified atom stereocenters. The molecule has 0 aromatic heterocycles. The normalized spacial score (nSPS) is 30.8. The number of ketones is 1. The number of carbonyl (C=O) groups is 1. The SMILES string of the molecule is CCCC(=O)C1=CC2=CC2(C)S1. The predicted octanol–water partition coefficient (Wildman–Crippen LogP) is 2.69. The molecule has 0 radical (unpaired) electrons. The highest BCUT2D eigenvalue weighted by Crippen LogP contribution is 2.56. The van der Waals surface area contributed by atoms with E-state index < -0.39 is 0 Å². The lowest BCUT2D eigenvalue weighted by atomic mass is 10.2. The minimum atomic E-state index is 0.207. The summed E-state index contributed by atoms with van der Waals surface area (Å²) in [5.41, 5.74) is 1.34. The second kappa shape index (κ2) is 2.49. The molecule has 0 saturated heterocycles. The lowest BCUT2D eigenvalue weighted by Gasteiger charge is -2.05. The molecule has 0 aromatic carbocycles. The zero-order chi connectivity index (χ0) is 8.77. The molecule has 0 amide bonds. The van der Waals surface area contributed by atoms with E-state index in [-0.39, 0.29) is 4.75 Å². The summed E-state index contributed by atoms with van der Waals surface area (Å²) in [6.07, 6.45) is 5.90. The summed E-state index contributed by atoms with van der Waals surface area (Å²) >= 11 is 1.71. The van der Waals surface area contributed by atoms with Crippen LogP contribution in [0.4, 0.5) is 0 Å². The van der Waals surface area contributed by atoms with Crippen molar-refractivity contribution in [3.63, 3.8) is 0 Å². The quantitative estimate of drug-likeness (QED) is 0.664. The van der Waals surface area contributed by atoms with Crippen LogP contribution < -0.4 is 0 Å². The number of fused-ring (bicyclic) bond motifs is 1. The summed E-state index contributed by atoms with van der Waals surface area (Å²) < 4.78 is 0.207. The molecule has 2 aliphatic rings. The van der Waals surface area contributed by atoms with Crippen molar-refractivity contribution in [2.45, 2.75) is 31.4 Å². The number of Topliss-reactive ketones (excluding diaryl/α,β-unsaturated/α-hetero) is 1. The van der Waals surface area contributed by atoms with Gasteiger partial charge in [-0.05, 0) is 25.0 Å². The first-order chi connectivity index (χ1) is 5.65. The number of carbonyl (C=O) groups excluding carboxylic acids is 1. The van der Waals surface area contributed by atoms with Crippen molar-refractivity contribution in [2.75, 3.05) is 0 Å². The van der Waals surface area contributed by atoms with E-state index in [2.05, 4.69) is 13.0 Å². The third kappa shape index (κ3) is 1.14. The third-order valence-electron chi connectivity index (χ3n) is 2.28. The van der Waals surface area contributed by atoms with Gasteiger partial charge in [-0.1, -0.05) is 13.0 Å². The van der Waals surface area contributed by atoms with Crippen LogP contribution in [-0.2, 0) is 4.79 Å². The maximum atomic E-state index is 11.4. The molecule has 2 rings (SSSR count). The van der Waals surface area contributed by atoms with Gasteiger partial charge in [0.05, 0.1) is 9.65 Å². The molecule has 0 bridgehead atoms. The van der Waals surface area contributed by atoms with Crippen LogP contribution in [0.2, 0.25) is 0 Å². The second-order valence-electron chi connectivity index (χ2n) is 3.49. The maximum absolute atomic E-state index is 11.4. The number of thioether (sulfide) groups is 1. The van der Waals surface area contributed by atoms with Gasteiger partial charge in [0.2, 0.25) is 0 Å². The summed E-state index contributed by atoms with van der Waals surface area (Å²) in [5.74, 6) is 0.317. The van der Waals surface area contributed by atoms with Gasteiger partial charge in [0.25, 0.3) is 0 Å². The molecule has 1 atom stereocenters.